The molecule has 7 heteroatoms. The SMILES string of the molecule is O=C(Nc1nc(-c2ccccc2)c(C(=O)c2ccccc2)s1)c1cccc(CN2CCCC2=O)c1. The summed E-state index contributed by atoms with van der Waals surface area (Å²) in [6.07, 6.45) is 1.45. The molecule has 4 aromatic rings. The fourth-order valence-electron chi connectivity index (χ4n) is 4.11. The molecule has 0 unspecified atom stereocenters. The van der Waals surface area contributed by atoms with E-state index in [2.05, 4.69) is 10.3 Å². The van der Waals surface area contributed by atoms with Gasteiger partial charge in [-0.2, -0.15) is 0 Å². The summed E-state index contributed by atoms with van der Waals surface area (Å²) in [6, 6.07) is 25.8. The Labute approximate surface area is 207 Å². The van der Waals surface area contributed by atoms with Crippen molar-refractivity contribution in [2.75, 3.05) is 11.9 Å². The summed E-state index contributed by atoms with van der Waals surface area (Å²) in [5.74, 6) is -0.307. The number of hydrogen-bond acceptors (Lipinski definition) is 5. The van der Waals surface area contributed by atoms with Gasteiger partial charge in [0.15, 0.2) is 5.13 Å². The van der Waals surface area contributed by atoms with Crippen molar-refractivity contribution in [1.29, 1.82) is 0 Å². The van der Waals surface area contributed by atoms with Crippen LogP contribution in [-0.2, 0) is 11.3 Å². The number of ketones is 1. The maximum absolute atomic E-state index is 13.3. The van der Waals surface area contributed by atoms with Crippen molar-refractivity contribution in [3.8, 4) is 11.3 Å². The Bertz CT molecular complexity index is 1380. The normalized spacial score (nSPS) is 13.1. The van der Waals surface area contributed by atoms with E-state index in [9.17, 15) is 14.4 Å². The molecule has 5 rings (SSSR count). The molecule has 0 saturated carbocycles. The number of hydrogen-bond donors (Lipinski definition) is 1. The number of benzene rings is 3. The summed E-state index contributed by atoms with van der Waals surface area (Å²) in [6.45, 7) is 1.24. The molecule has 1 N–H and O–H groups in total. The van der Waals surface area contributed by atoms with Crippen molar-refractivity contribution in [1.82, 2.24) is 9.88 Å². The van der Waals surface area contributed by atoms with E-state index in [-0.39, 0.29) is 17.6 Å². The first-order chi connectivity index (χ1) is 17.1. The molecule has 1 saturated heterocycles. The Hall–Kier alpha value is -4.10. The van der Waals surface area contributed by atoms with Crippen LogP contribution in [0.25, 0.3) is 11.3 Å². The topological polar surface area (TPSA) is 79.4 Å². The molecule has 0 bridgehead atoms. The van der Waals surface area contributed by atoms with Crippen LogP contribution in [0.5, 0.6) is 0 Å². The lowest BCUT2D eigenvalue weighted by Crippen LogP contribution is -2.24. The molecule has 35 heavy (non-hydrogen) atoms. The first-order valence-corrected chi connectivity index (χ1v) is 12.2. The molecule has 1 aromatic heterocycles. The fourth-order valence-corrected chi connectivity index (χ4v) is 5.06. The third-order valence-electron chi connectivity index (χ3n) is 5.87. The second kappa shape index (κ2) is 10.0. The zero-order valence-corrected chi connectivity index (χ0v) is 19.8. The minimum Gasteiger partial charge on any atom is -0.338 e. The minimum atomic E-state index is -0.313. The Morgan fingerprint density at radius 3 is 2.34 bits per heavy atom. The lowest BCUT2D eigenvalue weighted by atomic mass is 10.1. The maximum atomic E-state index is 13.3. The van der Waals surface area contributed by atoms with Crippen LogP contribution in [0, 0.1) is 0 Å². The number of likely N-dealkylation sites (tertiary alicyclic amines) is 1. The zero-order valence-electron chi connectivity index (χ0n) is 18.9. The highest BCUT2D eigenvalue weighted by Crippen LogP contribution is 2.33. The van der Waals surface area contributed by atoms with Gasteiger partial charge >= 0.3 is 0 Å². The number of carbonyl (C=O) groups is 3. The predicted octanol–water partition coefficient (Wildman–Crippen LogP) is 5.42. The summed E-state index contributed by atoms with van der Waals surface area (Å²) in [5.41, 5.74) is 3.29. The number of amides is 2. The van der Waals surface area contributed by atoms with Gasteiger partial charge in [0, 0.05) is 36.2 Å². The molecule has 3 aromatic carbocycles. The molecule has 0 spiro atoms. The average molecular weight is 482 g/mol. The molecule has 0 radical (unpaired) electrons. The summed E-state index contributed by atoms with van der Waals surface area (Å²) in [7, 11) is 0. The van der Waals surface area contributed by atoms with Gasteiger partial charge in [0.1, 0.15) is 4.88 Å². The lowest BCUT2D eigenvalue weighted by Gasteiger charge is -2.15. The zero-order chi connectivity index (χ0) is 24.2. The number of thiazole rings is 1. The summed E-state index contributed by atoms with van der Waals surface area (Å²) < 4.78 is 0. The molecule has 2 amide bonds. The monoisotopic (exact) mass is 481 g/mol. The van der Waals surface area contributed by atoms with Gasteiger partial charge in [-0.05, 0) is 24.1 Å². The number of nitrogens with zero attached hydrogens (tertiary/aromatic N) is 2. The van der Waals surface area contributed by atoms with Crippen LogP contribution >= 0.6 is 11.3 Å². The summed E-state index contributed by atoms with van der Waals surface area (Å²) in [4.78, 5) is 45.2. The van der Waals surface area contributed by atoms with Gasteiger partial charge in [0.05, 0.1) is 5.69 Å². The maximum Gasteiger partial charge on any atom is 0.257 e. The van der Waals surface area contributed by atoms with Gasteiger partial charge in [-0.25, -0.2) is 4.98 Å². The highest BCUT2D eigenvalue weighted by atomic mass is 32.1. The molecule has 0 aliphatic carbocycles. The molecule has 174 valence electrons. The second-order valence-electron chi connectivity index (χ2n) is 8.33. The standard InChI is InChI=1S/C28H23N3O3S/c32-23-15-8-16-31(23)18-19-9-7-14-22(17-19)27(34)30-28-29-24(20-10-3-1-4-11-20)26(35-28)25(33)21-12-5-2-6-13-21/h1-7,9-14,17H,8,15-16,18H2,(H,29,30,34). The van der Waals surface area contributed by atoms with Gasteiger partial charge in [-0.1, -0.05) is 84.1 Å². The summed E-state index contributed by atoms with van der Waals surface area (Å²) in [5, 5.41) is 3.22. The van der Waals surface area contributed by atoms with Crippen LogP contribution in [0.4, 0.5) is 5.13 Å². The molecule has 1 aliphatic rings. The van der Waals surface area contributed by atoms with E-state index < -0.39 is 0 Å². The van der Waals surface area contributed by atoms with E-state index >= 15 is 0 Å². The third-order valence-corrected chi connectivity index (χ3v) is 6.84. The number of aromatic nitrogens is 1. The van der Waals surface area contributed by atoms with Gasteiger partial charge < -0.3 is 4.90 Å². The van der Waals surface area contributed by atoms with E-state index in [1.54, 1.807) is 24.3 Å². The molecule has 2 heterocycles. The van der Waals surface area contributed by atoms with Crippen molar-refractivity contribution < 1.29 is 14.4 Å². The quantitative estimate of drug-likeness (QED) is 0.358. The van der Waals surface area contributed by atoms with Gasteiger partial charge in [-0.3, -0.25) is 19.7 Å². The van der Waals surface area contributed by atoms with Crippen LogP contribution in [0.15, 0.2) is 84.9 Å². The fraction of sp³-hybridized carbons (Fsp3) is 0.143. The molecular formula is C28H23N3O3S. The van der Waals surface area contributed by atoms with Gasteiger partial charge in [0.25, 0.3) is 5.91 Å². The Balaban J connectivity index is 1.41. The second-order valence-corrected chi connectivity index (χ2v) is 9.33. The van der Waals surface area contributed by atoms with Crippen molar-refractivity contribution in [2.24, 2.45) is 0 Å². The van der Waals surface area contributed by atoms with Crippen LogP contribution in [0.3, 0.4) is 0 Å². The van der Waals surface area contributed by atoms with Crippen LogP contribution < -0.4 is 5.32 Å². The highest BCUT2D eigenvalue weighted by Gasteiger charge is 2.23. The molecule has 6 nitrogen and oxygen atoms in total. The molecule has 1 fully saturated rings. The van der Waals surface area contributed by atoms with Crippen molar-refractivity contribution >= 4 is 34.1 Å². The Kier molecular flexibility index (Phi) is 6.50. The van der Waals surface area contributed by atoms with E-state index in [1.165, 1.54) is 11.3 Å². The predicted molar refractivity (Wildman–Crippen MR) is 136 cm³/mol. The van der Waals surface area contributed by atoms with Crippen molar-refractivity contribution in [3.05, 3.63) is 106 Å². The number of rotatable bonds is 7. The number of carbonyl (C=O) groups excluding carboxylic acids is 3. The number of anilines is 1. The highest BCUT2D eigenvalue weighted by molar-refractivity contribution is 7.18. The summed E-state index contributed by atoms with van der Waals surface area (Å²) >= 11 is 1.17. The molecule has 1 aliphatic heterocycles. The van der Waals surface area contributed by atoms with Crippen LogP contribution in [0.1, 0.15) is 44.0 Å². The lowest BCUT2D eigenvalue weighted by molar-refractivity contribution is -0.128. The average Bonchev–Trinajstić information content (AvgIpc) is 3.50. The minimum absolute atomic E-state index is 0.139. The van der Waals surface area contributed by atoms with Gasteiger partial charge in [0.2, 0.25) is 11.7 Å². The largest absolute Gasteiger partial charge is 0.338 e. The van der Waals surface area contributed by atoms with E-state index in [1.807, 2.05) is 65.6 Å². The third kappa shape index (κ3) is 5.05. The van der Waals surface area contributed by atoms with Gasteiger partial charge in [-0.15, -0.1) is 0 Å². The first kappa shape index (κ1) is 22.7. The van der Waals surface area contributed by atoms with Crippen LogP contribution in [0.2, 0.25) is 0 Å². The van der Waals surface area contributed by atoms with Crippen molar-refractivity contribution in [2.45, 2.75) is 19.4 Å². The van der Waals surface area contributed by atoms with Crippen LogP contribution in [-0.4, -0.2) is 34.0 Å². The Morgan fingerprint density at radius 1 is 0.914 bits per heavy atom. The van der Waals surface area contributed by atoms with E-state index in [4.69, 9.17) is 0 Å². The number of nitrogens with one attached hydrogen (secondary N) is 1. The smallest absolute Gasteiger partial charge is 0.257 e. The Morgan fingerprint density at radius 2 is 1.63 bits per heavy atom. The molecular weight excluding hydrogens is 458 g/mol. The van der Waals surface area contributed by atoms with E-state index in [0.29, 0.717) is 39.8 Å². The van der Waals surface area contributed by atoms with E-state index in [0.717, 1.165) is 24.1 Å². The molecule has 0 atom stereocenters. The van der Waals surface area contributed by atoms with Crippen molar-refractivity contribution in [3.63, 3.8) is 0 Å². The first-order valence-electron chi connectivity index (χ1n) is 11.4.